The summed E-state index contributed by atoms with van der Waals surface area (Å²) in [7, 11) is -1.99. The average molecular weight is 518 g/mol. The molecule has 0 atom stereocenters. The molecular weight excluding hydrogens is 478 g/mol. The van der Waals surface area contributed by atoms with Crippen LogP contribution in [0.5, 0.6) is 0 Å². The third-order valence-corrected chi connectivity index (χ3v) is 7.82. The predicted molar refractivity (Wildman–Crippen MR) is 144 cm³/mol. The lowest BCUT2D eigenvalue weighted by Crippen LogP contribution is -2.41. The molecule has 3 rings (SSSR count). The highest BCUT2D eigenvalue weighted by Gasteiger charge is 2.33. The quantitative estimate of drug-likeness (QED) is 0.251. The van der Waals surface area contributed by atoms with Crippen LogP contribution in [0, 0.1) is 19.3 Å². The fraction of sp³-hybridized carbons (Fsp3) is 0.519. The summed E-state index contributed by atoms with van der Waals surface area (Å²) in [6.07, 6.45) is 4.50. The molecule has 8 nitrogen and oxygen atoms in total. The van der Waals surface area contributed by atoms with Gasteiger partial charge in [0.2, 0.25) is 15.9 Å². The van der Waals surface area contributed by atoms with Gasteiger partial charge >= 0.3 is 0 Å². The van der Waals surface area contributed by atoms with Gasteiger partial charge in [0.05, 0.1) is 13.4 Å². The highest BCUT2D eigenvalue weighted by atomic mass is 32.2. The molecule has 2 heterocycles. The molecule has 0 radical (unpaired) electrons. The van der Waals surface area contributed by atoms with Crippen molar-refractivity contribution in [1.82, 2.24) is 9.79 Å². The van der Waals surface area contributed by atoms with Gasteiger partial charge in [-0.15, -0.1) is 0 Å². The first-order valence-corrected chi connectivity index (χ1v) is 14.1. The molecule has 0 saturated carbocycles. The van der Waals surface area contributed by atoms with Crippen molar-refractivity contribution >= 4 is 21.7 Å². The molecule has 36 heavy (non-hydrogen) atoms. The Bertz CT molecular complexity index is 1160. The van der Waals surface area contributed by atoms with Crippen molar-refractivity contribution in [3.8, 4) is 11.3 Å². The van der Waals surface area contributed by atoms with E-state index >= 15 is 0 Å². The largest absolute Gasteiger partial charge is 0.438 e. The first-order chi connectivity index (χ1) is 17.0. The summed E-state index contributed by atoms with van der Waals surface area (Å²) in [5.74, 6) is 1.36. The van der Waals surface area contributed by atoms with Gasteiger partial charge in [0.15, 0.2) is 0 Å². The summed E-state index contributed by atoms with van der Waals surface area (Å²) in [4.78, 5) is 9.77. The highest BCUT2D eigenvalue weighted by molar-refractivity contribution is 7.88. The van der Waals surface area contributed by atoms with Crippen LogP contribution in [0.15, 0.2) is 51.9 Å². The van der Waals surface area contributed by atoms with Crippen LogP contribution in [0.1, 0.15) is 43.7 Å². The zero-order valence-electron chi connectivity index (χ0n) is 22.1. The molecule has 1 saturated heterocycles. The number of rotatable bonds is 11. The van der Waals surface area contributed by atoms with Crippen LogP contribution >= 0.6 is 0 Å². The third-order valence-electron chi connectivity index (χ3n) is 6.67. The molecule has 1 aromatic heterocycles. The summed E-state index contributed by atoms with van der Waals surface area (Å²) in [5, 5.41) is 0. The smallest absolute Gasteiger partial charge is 0.233 e. The minimum absolute atomic E-state index is 0.00149. The molecule has 0 spiro atoms. The van der Waals surface area contributed by atoms with Crippen molar-refractivity contribution in [2.24, 2.45) is 10.4 Å². The molecular formula is C27H39N3O5S. The van der Waals surface area contributed by atoms with Crippen LogP contribution in [-0.2, 0) is 19.6 Å². The predicted octanol–water partition coefficient (Wildman–Crippen LogP) is 5.16. The van der Waals surface area contributed by atoms with Crippen LogP contribution in [0.4, 0.5) is 5.88 Å². The molecule has 1 fully saturated rings. The number of benzene rings is 1. The van der Waals surface area contributed by atoms with E-state index in [1.54, 1.807) is 14.0 Å². The van der Waals surface area contributed by atoms with Crippen LogP contribution in [-0.4, -0.2) is 58.2 Å². The Kier molecular flexibility index (Phi) is 9.52. The van der Waals surface area contributed by atoms with E-state index in [4.69, 9.17) is 14.0 Å². The SMILES string of the molecule is C=C(C)/C(=N\c1oc(-c2ccc(C)cc2)cc1C)N(CCCC1(CNOC)CCOCC1)S(C)(=O)=O. The first kappa shape index (κ1) is 28.1. The molecule has 0 bridgehead atoms. The van der Waals surface area contributed by atoms with E-state index in [2.05, 4.69) is 17.1 Å². The summed E-state index contributed by atoms with van der Waals surface area (Å²) in [6.45, 7) is 12.1. The van der Waals surface area contributed by atoms with Crippen molar-refractivity contribution in [2.75, 3.05) is 39.7 Å². The Balaban J connectivity index is 1.85. The number of aliphatic imine (C=N–C) groups is 1. The second-order valence-corrected chi connectivity index (χ2v) is 11.7. The second kappa shape index (κ2) is 12.2. The van der Waals surface area contributed by atoms with Gasteiger partial charge in [-0.2, -0.15) is 4.99 Å². The van der Waals surface area contributed by atoms with Gasteiger partial charge in [-0.05, 0) is 63.5 Å². The topological polar surface area (TPSA) is 93.4 Å². The van der Waals surface area contributed by atoms with Crippen molar-refractivity contribution in [3.63, 3.8) is 0 Å². The van der Waals surface area contributed by atoms with E-state index in [1.165, 1.54) is 10.6 Å². The van der Waals surface area contributed by atoms with Crippen LogP contribution in [0.25, 0.3) is 11.3 Å². The molecule has 1 aliphatic heterocycles. The number of ether oxygens (including phenoxy) is 1. The number of hydrogen-bond acceptors (Lipinski definition) is 7. The summed E-state index contributed by atoms with van der Waals surface area (Å²) < 4.78 is 38.7. The Labute approximate surface area is 215 Å². The molecule has 1 aromatic carbocycles. The Morgan fingerprint density at radius 3 is 2.47 bits per heavy atom. The van der Waals surface area contributed by atoms with E-state index < -0.39 is 10.0 Å². The molecule has 9 heteroatoms. The summed E-state index contributed by atoms with van der Waals surface area (Å²) >= 11 is 0. The molecule has 1 N–H and O–H groups in total. The van der Waals surface area contributed by atoms with E-state index in [9.17, 15) is 8.42 Å². The van der Waals surface area contributed by atoms with Gasteiger partial charge in [0.1, 0.15) is 11.6 Å². The van der Waals surface area contributed by atoms with Crippen molar-refractivity contribution in [1.29, 1.82) is 0 Å². The maximum Gasteiger partial charge on any atom is 0.233 e. The zero-order chi connectivity index (χ0) is 26.3. The number of nitrogens with zero attached hydrogens (tertiary/aromatic N) is 2. The number of amidine groups is 1. The van der Waals surface area contributed by atoms with Gasteiger partial charge in [-0.1, -0.05) is 36.4 Å². The zero-order valence-corrected chi connectivity index (χ0v) is 22.9. The van der Waals surface area contributed by atoms with Gasteiger partial charge < -0.3 is 14.0 Å². The molecule has 0 unspecified atom stereocenters. The van der Waals surface area contributed by atoms with Crippen LogP contribution in [0.2, 0.25) is 0 Å². The van der Waals surface area contributed by atoms with E-state index in [0.717, 1.165) is 36.0 Å². The highest BCUT2D eigenvalue weighted by Crippen LogP contribution is 2.35. The third kappa shape index (κ3) is 7.29. The second-order valence-electron chi connectivity index (χ2n) is 9.76. The van der Waals surface area contributed by atoms with Gasteiger partial charge in [-0.3, -0.25) is 4.31 Å². The molecule has 2 aromatic rings. The maximum absolute atomic E-state index is 12.9. The monoisotopic (exact) mass is 517 g/mol. The molecule has 0 amide bonds. The number of nitrogens with one attached hydrogen (secondary N) is 1. The normalized spacial score (nSPS) is 16.2. The van der Waals surface area contributed by atoms with Crippen molar-refractivity contribution in [3.05, 3.63) is 53.6 Å². The minimum Gasteiger partial charge on any atom is -0.438 e. The molecule has 198 valence electrons. The summed E-state index contributed by atoms with van der Waals surface area (Å²) in [6, 6.07) is 9.95. The lowest BCUT2D eigenvalue weighted by molar-refractivity contribution is -0.0207. The fourth-order valence-corrected chi connectivity index (χ4v) is 5.45. The number of hydrogen-bond donors (Lipinski definition) is 1. The number of sulfonamides is 1. The first-order valence-electron chi connectivity index (χ1n) is 12.3. The maximum atomic E-state index is 12.9. The fourth-order valence-electron chi connectivity index (χ4n) is 4.48. The standard InChI is InChI=1S/C27H39N3O5S/c1-20(2)25(29-26-22(4)18-24(35-26)23-10-8-21(3)9-11-23)30(36(6,31)32)15-7-12-27(19-28-33-5)13-16-34-17-14-27/h8-11,18,28H,1,7,12-17,19H2,2-6H3/b29-25+. The molecule has 1 aliphatic rings. The Morgan fingerprint density at radius 1 is 1.22 bits per heavy atom. The molecule has 0 aliphatic carbocycles. The average Bonchev–Trinajstić information content (AvgIpc) is 3.19. The van der Waals surface area contributed by atoms with Gasteiger partial charge in [0.25, 0.3) is 0 Å². The summed E-state index contributed by atoms with van der Waals surface area (Å²) in [5.41, 5.74) is 6.46. The van der Waals surface area contributed by atoms with Crippen molar-refractivity contribution in [2.45, 2.75) is 46.5 Å². The van der Waals surface area contributed by atoms with E-state index in [-0.39, 0.29) is 5.41 Å². The number of furan rings is 1. The van der Waals surface area contributed by atoms with E-state index in [1.807, 2.05) is 44.2 Å². The minimum atomic E-state index is -3.60. The Hall–Kier alpha value is -2.46. The number of hydroxylamine groups is 1. The Morgan fingerprint density at radius 2 is 1.89 bits per heavy atom. The van der Waals surface area contributed by atoms with Crippen LogP contribution < -0.4 is 5.48 Å². The van der Waals surface area contributed by atoms with E-state index in [0.29, 0.717) is 55.8 Å². The van der Waals surface area contributed by atoms with Crippen molar-refractivity contribution < 1.29 is 22.4 Å². The van der Waals surface area contributed by atoms with Gasteiger partial charge in [0, 0.05) is 37.4 Å². The van der Waals surface area contributed by atoms with Crippen LogP contribution in [0.3, 0.4) is 0 Å². The lowest BCUT2D eigenvalue weighted by Gasteiger charge is -2.37. The van der Waals surface area contributed by atoms with Gasteiger partial charge in [-0.25, -0.2) is 13.9 Å². The number of aryl methyl sites for hydroxylation is 2. The lowest BCUT2D eigenvalue weighted by atomic mass is 9.76.